The van der Waals surface area contributed by atoms with E-state index in [2.05, 4.69) is 13.2 Å². The molecule has 0 heterocycles. The highest BCUT2D eigenvalue weighted by atomic mass is 16.6. The molecule has 3 aromatic carbocycles. The molecule has 1 atom stereocenters. The number of hydrogen-bond acceptors (Lipinski definition) is 14. The van der Waals surface area contributed by atoms with Crippen LogP contribution in [-0.4, -0.2) is 67.5 Å². The van der Waals surface area contributed by atoms with Crippen molar-refractivity contribution in [1.29, 1.82) is 0 Å². The molecule has 1 unspecified atom stereocenters. The Morgan fingerprint density at radius 3 is 1.69 bits per heavy atom. The van der Waals surface area contributed by atoms with E-state index in [1.807, 2.05) is 48.5 Å². The molecule has 2 aliphatic rings. The number of hydrogen-bond donors (Lipinski definition) is 0. The van der Waals surface area contributed by atoms with Crippen molar-refractivity contribution in [2.75, 3.05) is 13.2 Å². The second-order valence-electron chi connectivity index (χ2n) is 18.3. The topological polar surface area (TPSA) is 184 Å². The first-order valence-electron chi connectivity index (χ1n) is 25.2. The summed E-state index contributed by atoms with van der Waals surface area (Å²) in [6.45, 7) is 9.63. The Kier molecular flexibility index (Phi) is 23.6. The van der Waals surface area contributed by atoms with Gasteiger partial charge in [0, 0.05) is 31.4 Å². The van der Waals surface area contributed by atoms with Crippen LogP contribution in [0.4, 0.5) is 0 Å². The summed E-state index contributed by atoms with van der Waals surface area (Å²) >= 11 is 0. The number of aldehydes is 1. The molecular formula is C57H70O14. The molecule has 71 heavy (non-hydrogen) atoms. The highest BCUT2D eigenvalue weighted by molar-refractivity contribution is 5.82. The lowest BCUT2D eigenvalue weighted by Gasteiger charge is -2.27. The van der Waals surface area contributed by atoms with E-state index < -0.39 is 18.0 Å². The Morgan fingerprint density at radius 2 is 1.14 bits per heavy atom. The normalized spacial score (nSPS) is 17.9. The summed E-state index contributed by atoms with van der Waals surface area (Å²) in [5.74, 6) is -1.33. The molecule has 0 radical (unpaired) electrons. The molecule has 0 spiro atoms. The van der Waals surface area contributed by atoms with Crippen LogP contribution in [0.5, 0.6) is 17.2 Å². The molecule has 0 aliphatic heterocycles. The molecule has 0 bridgehead atoms. The van der Waals surface area contributed by atoms with Crippen LogP contribution in [0.15, 0.2) is 92.0 Å². The largest absolute Gasteiger partial charge is 0.494 e. The van der Waals surface area contributed by atoms with Gasteiger partial charge < -0.3 is 38.0 Å². The van der Waals surface area contributed by atoms with Gasteiger partial charge in [-0.3, -0.25) is 19.2 Å². The molecule has 2 fully saturated rings. The van der Waals surface area contributed by atoms with Crippen LogP contribution in [0.2, 0.25) is 0 Å². The van der Waals surface area contributed by atoms with Crippen LogP contribution in [0.1, 0.15) is 144 Å². The summed E-state index contributed by atoms with van der Waals surface area (Å²) in [6.07, 6.45) is 14.2. The lowest BCUT2D eigenvalue weighted by atomic mass is 9.87. The van der Waals surface area contributed by atoms with E-state index in [0.717, 1.165) is 73.0 Å². The fourth-order valence-corrected chi connectivity index (χ4v) is 8.68. The fourth-order valence-electron chi connectivity index (χ4n) is 8.68. The van der Waals surface area contributed by atoms with Crippen molar-refractivity contribution >= 4 is 42.1 Å². The van der Waals surface area contributed by atoms with Crippen LogP contribution in [-0.2, 0) is 65.4 Å². The maximum atomic E-state index is 13.2. The molecular weight excluding hydrogens is 909 g/mol. The average Bonchev–Trinajstić information content (AvgIpc) is 3.38. The molecule has 0 saturated heterocycles. The van der Waals surface area contributed by atoms with Crippen LogP contribution in [0, 0.1) is 18.8 Å². The third kappa shape index (κ3) is 20.0. The van der Waals surface area contributed by atoms with Gasteiger partial charge >= 0.3 is 35.8 Å². The molecule has 14 heteroatoms. The van der Waals surface area contributed by atoms with Gasteiger partial charge in [0.05, 0.1) is 25.0 Å². The van der Waals surface area contributed by atoms with Crippen molar-refractivity contribution in [1.82, 2.24) is 0 Å². The monoisotopic (exact) mass is 978 g/mol. The SMILES string of the molecule is C=CC(=O)OCCCCCCOc1ccc(CCC(=O)OC2CCC(C(=O)Oc3ccc(OC(=O)C4CCC(OC(=O)CCc5ccc(C(CCCCC=O)OC(=O)C=C)cc5)CC4)cc3C)CC2)cc1. The third-order valence-electron chi connectivity index (χ3n) is 12.9. The number of ether oxygens (including phenoxy) is 7. The third-order valence-corrected chi connectivity index (χ3v) is 12.9. The smallest absolute Gasteiger partial charge is 0.330 e. The van der Waals surface area contributed by atoms with E-state index >= 15 is 0 Å². The predicted molar refractivity (Wildman–Crippen MR) is 264 cm³/mol. The van der Waals surface area contributed by atoms with Crippen LogP contribution < -0.4 is 14.2 Å². The first-order chi connectivity index (χ1) is 34.4. The zero-order valence-electron chi connectivity index (χ0n) is 41.2. The second kappa shape index (κ2) is 30.2. The molecule has 2 aliphatic carbocycles. The van der Waals surface area contributed by atoms with Gasteiger partial charge in [0.1, 0.15) is 41.8 Å². The van der Waals surface area contributed by atoms with Gasteiger partial charge in [0.25, 0.3) is 0 Å². The van der Waals surface area contributed by atoms with E-state index in [9.17, 15) is 33.6 Å². The molecule has 3 aromatic rings. The zero-order chi connectivity index (χ0) is 50.8. The molecule has 0 amide bonds. The summed E-state index contributed by atoms with van der Waals surface area (Å²) in [4.78, 5) is 85.4. The van der Waals surface area contributed by atoms with Crippen molar-refractivity contribution in [3.8, 4) is 17.2 Å². The van der Waals surface area contributed by atoms with E-state index in [0.29, 0.717) is 114 Å². The van der Waals surface area contributed by atoms with Crippen molar-refractivity contribution in [3.05, 3.63) is 114 Å². The van der Waals surface area contributed by atoms with Crippen molar-refractivity contribution < 1.29 is 66.7 Å². The molecule has 5 rings (SSSR count). The number of esters is 6. The number of carbonyl (C=O) groups is 7. The zero-order valence-corrected chi connectivity index (χ0v) is 41.2. The van der Waals surface area contributed by atoms with Gasteiger partial charge in [-0.05, 0) is 169 Å². The summed E-state index contributed by atoms with van der Waals surface area (Å²) in [5.41, 5.74) is 3.43. The maximum Gasteiger partial charge on any atom is 0.330 e. The minimum atomic E-state index is -0.511. The van der Waals surface area contributed by atoms with E-state index in [-0.39, 0.29) is 60.8 Å². The Bertz CT molecular complexity index is 2220. The van der Waals surface area contributed by atoms with Gasteiger partial charge in [0.2, 0.25) is 0 Å². The first-order valence-corrected chi connectivity index (χ1v) is 25.2. The van der Waals surface area contributed by atoms with Crippen molar-refractivity contribution in [2.45, 2.75) is 154 Å². The molecule has 2 saturated carbocycles. The second-order valence-corrected chi connectivity index (χ2v) is 18.3. The number of carbonyl (C=O) groups excluding carboxylic acids is 7. The number of unbranched alkanes of at least 4 members (excludes halogenated alkanes) is 5. The van der Waals surface area contributed by atoms with Gasteiger partial charge in [0.15, 0.2) is 0 Å². The molecule has 382 valence electrons. The highest BCUT2D eigenvalue weighted by Crippen LogP contribution is 2.33. The first kappa shape index (κ1) is 55.4. The molecule has 0 N–H and O–H groups in total. The predicted octanol–water partition coefficient (Wildman–Crippen LogP) is 10.5. The lowest BCUT2D eigenvalue weighted by molar-refractivity contribution is -0.153. The summed E-state index contributed by atoms with van der Waals surface area (Å²) in [6, 6.07) is 20.2. The maximum absolute atomic E-state index is 13.2. The lowest BCUT2D eigenvalue weighted by Crippen LogP contribution is -2.30. The Balaban J connectivity index is 0.927. The minimum Gasteiger partial charge on any atom is -0.494 e. The molecule has 14 nitrogen and oxygen atoms in total. The van der Waals surface area contributed by atoms with Gasteiger partial charge in [-0.2, -0.15) is 0 Å². The van der Waals surface area contributed by atoms with Gasteiger partial charge in [-0.1, -0.05) is 49.6 Å². The van der Waals surface area contributed by atoms with Gasteiger partial charge in [-0.25, -0.2) is 9.59 Å². The summed E-state index contributed by atoms with van der Waals surface area (Å²) in [7, 11) is 0. The Hall–Kier alpha value is -6.57. The van der Waals surface area contributed by atoms with Crippen molar-refractivity contribution in [2.24, 2.45) is 11.8 Å². The number of aryl methyl sites for hydroxylation is 3. The quantitative estimate of drug-likeness (QED) is 0.0160. The standard InChI is InChI=1S/C57H70O14/c1-4-52(59)66-38-12-7-6-11-37-65-46-26-16-42(17-27-46)19-35-55(62)68-48-30-24-45(25-31-48)57(64)71-50-33-32-49(39-40(50)3)69-56(63)44-22-28-47(29-23-44)67-54(61)34-18-41-14-20-43(21-15-41)51(70-53(60)5-2)13-9-8-10-36-58/h4-5,14-17,20-21,26-27,32-33,36,39,44-45,47-48,51H,1-2,6-13,18-19,22-25,28-31,34-35,37-38H2,3H3. The Morgan fingerprint density at radius 1 is 0.606 bits per heavy atom. The van der Waals surface area contributed by atoms with E-state index in [1.54, 1.807) is 25.1 Å². The number of rotatable bonds is 29. The Labute approximate surface area is 417 Å². The fraction of sp³-hybridized carbons (Fsp3) is 0.491. The van der Waals surface area contributed by atoms with E-state index in [1.165, 1.54) is 0 Å². The average molecular weight is 979 g/mol. The van der Waals surface area contributed by atoms with E-state index in [4.69, 9.17) is 33.2 Å². The minimum absolute atomic E-state index is 0.200. The van der Waals surface area contributed by atoms with Crippen molar-refractivity contribution in [3.63, 3.8) is 0 Å². The van der Waals surface area contributed by atoms with Crippen LogP contribution in [0.25, 0.3) is 0 Å². The summed E-state index contributed by atoms with van der Waals surface area (Å²) < 4.78 is 39.4. The number of benzene rings is 3. The van der Waals surface area contributed by atoms with Crippen LogP contribution >= 0.6 is 0 Å². The highest BCUT2D eigenvalue weighted by Gasteiger charge is 2.31. The molecule has 0 aromatic heterocycles. The van der Waals surface area contributed by atoms with Gasteiger partial charge in [-0.15, -0.1) is 0 Å². The van der Waals surface area contributed by atoms with Crippen LogP contribution in [0.3, 0.4) is 0 Å². The summed E-state index contributed by atoms with van der Waals surface area (Å²) in [5, 5.41) is 0.